The van der Waals surface area contributed by atoms with Crippen molar-refractivity contribution in [3.63, 3.8) is 0 Å². The Balaban J connectivity index is 1.94. The quantitative estimate of drug-likeness (QED) is 0.662. The van der Waals surface area contributed by atoms with Gasteiger partial charge in [0, 0.05) is 23.5 Å². The van der Waals surface area contributed by atoms with Gasteiger partial charge in [-0.2, -0.15) is 0 Å². The van der Waals surface area contributed by atoms with Crippen LogP contribution in [0, 0.1) is 0 Å². The molecule has 1 heterocycles. The van der Waals surface area contributed by atoms with Crippen LogP contribution in [0.25, 0.3) is 11.1 Å². The van der Waals surface area contributed by atoms with Crippen LogP contribution in [0.1, 0.15) is 5.56 Å². The van der Waals surface area contributed by atoms with Gasteiger partial charge >= 0.3 is 5.97 Å². The van der Waals surface area contributed by atoms with Crippen LogP contribution in [0.15, 0.2) is 49.1 Å². The smallest absolute Gasteiger partial charge is 0.307 e. The number of aromatic nitrogens is 2. The van der Waals surface area contributed by atoms with Crippen LogP contribution in [-0.4, -0.2) is 26.2 Å². The first-order valence-electron chi connectivity index (χ1n) is 7.40. The molecule has 132 valence electrons. The van der Waals surface area contributed by atoms with Crippen molar-refractivity contribution in [2.45, 2.75) is 6.42 Å². The highest BCUT2D eigenvalue weighted by molar-refractivity contribution is 6.37. The number of nitrogens with zero attached hydrogens (tertiary/aromatic N) is 2. The molecule has 3 rings (SSSR count). The molecular formula is C18H12Cl2N2O4. The zero-order chi connectivity index (χ0) is 18.7. The first-order chi connectivity index (χ1) is 12.4. The van der Waals surface area contributed by atoms with Crippen LogP contribution < -0.4 is 4.74 Å². The van der Waals surface area contributed by atoms with E-state index in [0.717, 1.165) is 0 Å². The van der Waals surface area contributed by atoms with Crippen LogP contribution in [-0.2, 0) is 11.2 Å². The summed E-state index contributed by atoms with van der Waals surface area (Å²) >= 11 is 12.4. The Labute approximate surface area is 158 Å². The highest BCUT2D eigenvalue weighted by atomic mass is 35.5. The number of carboxylic acids is 1. The Bertz CT molecular complexity index is 942. The van der Waals surface area contributed by atoms with Crippen molar-refractivity contribution < 1.29 is 19.7 Å². The molecule has 0 atom stereocenters. The van der Waals surface area contributed by atoms with Gasteiger partial charge in [0.15, 0.2) is 5.75 Å². The summed E-state index contributed by atoms with van der Waals surface area (Å²) in [5.41, 5.74) is 1.56. The molecule has 3 aromatic rings. The highest BCUT2D eigenvalue weighted by Crippen LogP contribution is 2.39. The second-order valence-electron chi connectivity index (χ2n) is 5.37. The molecule has 0 radical (unpaired) electrons. The van der Waals surface area contributed by atoms with E-state index in [-0.39, 0.29) is 28.0 Å². The van der Waals surface area contributed by atoms with E-state index in [1.54, 1.807) is 24.5 Å². The zero-order valence-corrected chi connectivity index (χ0v) is 14.7. The Morgan fingerprint density at radius 3 is 2.35 bits per heavy atom. The van der Waals surface area contributed by atoms with E-state index >= 15 is 0 Å². The lowest BCUT2D eigenvalue weighted by Crippen LogP contribution is -2.00. The molecule has 0 amide bonds. The number of phenols is 1. The number of hydrogen-bond donors (Lipinski definition) is 2. The molecule has 8 heteroatoms. The zero-order valence-electron chi connectivity index (χ0n) is 13.2. The Kier molecular flexibility index (Phi) is 5.25. The SMILES string of the molecule is O=C(O)Cc1cc(Cl)c(Oc2ccc(O)c(-c3cncnc3)c2)c(Cl)c1. The van der Waals surface area contributed by atoms with Crippen LogP contribution in [0.3, 0.4) is 0 Å². The van der Waals surface area contributed by atoms with Crippen molar-refractivity contribution in [1.82, 2.24) is 9.97 Å². The van der Waals surface area contributed by atoms with E-state index in [0.29, 0.717) is 22.4 Å². The number of ether oxygens (including phenoxy) is 1. The lowest BCUT2D eigenvalue weighted by molar-refractivity contribution is -0.136. The number of halogens is 2. The third-order valence-corrected chi connectivity index (χ3v) is 4.03. The summed E-state index contributed by atoms with van der Waals surface area (Å²) in [5.74, 6) is -0.361. The van der Waals surface area contributed by atoms with Crippen LogP contribution in [0.5, 0.6) is 17.2 Å². The molecule has 0 unspecified atom stereocenters. The predicted molar refractivity (Wildman–Crippen MR) is 97.0 cm³/mol. The van der Waals surface area contributed by atoms with E-state index in [2.05, 4.69) is 9.97 Å². The third-order valence-electron chi connectivity index (χ3n) is 3.47. The number of hydrogen-bond acceptors (Lipinski definition) is 5. The maximum absolute atomic E-state index is 10.8. The van der Waals surface area contributed by atoms with Crippen LogP contribution in [0.4, 0.5) is 0 Å². The second kappa shape index (κ2) is 7.59. The lowest BCUT2D eigenvalue weighted by atomic mass is 10.1. The molecule has 6 nitrogen and oxygen atoms in total. The van der Waals surface area contributed by atoms with Crippen molar-refractivity contribution in [2.24, 2.45) is 0 Å². The maximum atomic E-state index is 10.8. The molecule has 0 saturated carbocycles. The number of carbonyl (C=O) groups is 1. The fourth-order valence-electron chi connectivity index (χ4n) is 2.35. The first-order valence-corrected chi connectivity index (χ1v) is 8.15. The monoisotopic (exact) mass is 390 g/mol. The van der Waals surface area contributed by atoms with E-state index in [1.165, 1.54) is 24.5 Å². The predicted octanol–water partition coefficient (Wildman–Crippen LogP) is 4.58. The minimum atomic E-state index is -0.987. The molecule has 0 saturated heterocycles. The van der Waals surface area contributed by atoms with Gasteiger partial charge in [-0.3, -0.25) is 4.79 Å². The van der Waals surface area contributed by atoms with E-state index in [4.69, 9.17) is 33.0 Å². The summed E-state index contributed by atoms with van der Waals surface area (Å²) < 4.78 is 5.75. The molecule has 2 aromatic carbocycles. The number of phenolic OH excluding ortho intramolecular Hbond substituents is 1. The molecule has 0 fully saturated rings. The van der Waals surface area contributed by atoms with Gasteiger partial charge in [-0.05, 0) is 35.9 Å². The van der Waals surface area contributed by atoms with Crippen molar-refractivity contribution in [1.29, 1.82) is 0 Å². The molecule has 0 aliphatic rings. The first kappa shape index (κ1) is 18.0. The number of rotatable bonds is 5. The van der Waals surface area contributed by atoms with E-state index < -0.39 is 5.97 Å². The fourth-order valence-corrected chi connectivity index (χ4v) is 2.96. The normalized spacial score (nSPS) is 10.5. The van der Waals surface area contributed by atoms with Gasteiger partial charge in [0.1, 0.15) is 17.8 Å². The molecule has 1 aromatic heterocycles. The number of aromatic hydroxyl groups is 1. The summed E-state index contributed by atoms with van der Waals surface area (Å²) in [6, 6.07) is 7.61. The van der Waals surface area contributed by atoms with Gasteiger partial charge < -0.3 is 14.9 Å². The second-order valence-corrected chi connectivity index (χ2v) is 6.18. The Morgan fingerprint density at radius 1 is 1.08 bits per heavy atom. The molecule has 0 aliphatic carbocycles. The van der Waals surface area contributed by atoms with E-state index in [1.807, 2.05) is 0 Å². The standard InChI is InChI=1S/C18H12Cl2N2O4/c19-14-3-10(5-17(24)25)4-15(20)18(14)26-12-1-2-16(23)13(6-12)11-7-21-9-22-8-11/h1-4,6-9,23H,5H2,(H,24,25). The van der Waals surface area contributed by atoms with Crippen LogP contribution in [0.2, 0.25) is 10.0 Å². The maximum Gasteiger partial charge on any atom is 0.307 e. The van der Waals surface area contributed by atoms with Gasteiger partial charge in [0.25, 0.3) is 0 Å². The van der Waals surface area contributed by atoms with Gasteiger partial charge in [-0.15, -0.1) is 0 Å². The molecule has 0 aliphatic heterocycles. The van der Waals surface area contributed by atoms with Crippen molar-refractivity contribution in [2.75, 3.05) is 0 Å². The van der Waals surface area contributed by atoms with E-state index in [9.17, 15) is 9.90 Å². The molecule has 26 heavy (non-hydrogen) atoms. The topological polar surface area (TPSA) is 92.5 Å². The summed E-state index contributed by atoms with van der Waals surface area (Å²) in [4.78, 5) is 18.7. The number of benzene rings is 2. The average Bonchev–Trinajstić information content (AvgIpc) is 2.59. The van der Waals surface area contributed by atoms with Gasteiger partial charge in [-0.1, -0.05) is 23.2 Å². The minimum absolute atomic E-state index is 0.0427. The number of carboxylic acid groups (broad SMARTS) is 1. The average molecular weight is 391 g/mol. The third kappa shape index (κ3) is 4.04. The highest BCUT2D eigenvalue weighted by Gasteiger charge is 2.14. The van der Waals surface area contributed by atoms with Crippen molar-refractivity contribution in [3.05, 3.63) is 64.7 Å². The van der Waals surface area contributed by atoms with Gasteiger partial charge in [-0.25, -0.2) is 9.97 Å². The number of aliphatic carboxylic acids is 1. The summed E-state index contributed by atoms with van der Waals surface area (Å²) in [6.07, 6.45) is 4.31. The van der Waals surface area contributed by atoms with Crippen molar-refractivity contribution in [3.8, 4) is 28.4 Å². The Morgan fingerprint density at radius 2 is 1.73 bits per heavy atom. The van der Waals surface area contributed by atoms with Crippen LogP contribution >= 0.6 is 23.2 Å². The molecule has 0 bridgehead atoms. The summed E-state index contributed by atoms with van der Waals surface area (Å²) in [6.45, 7) is 0. The van der Waals surface area contributed by atoms with Gasteiger partial charge in [0.05, 0.1) is 16.5 Å². The Hall–Kier alpha value is -2.83. The largest absolute Gasteiger partial charge is 0.507 e. The van der Waals surface area contributed by atoms with Crippen molar-refractivity contribution >= 4 is 29.2 Å². The van der Waals surface area contributed by atoms with Gasteiger partial charge in [0.2, 0.25) is 0 Å². The molecule has 2 N–H and O–H groups in total. The minimum Gasteiger partial charge on any atom is -0.507 e. The fraction of sp³-hybridized carbons (Fsp3) is 0.0556. The summed E-state index contributed by atoms with van der Waals surface area (Å²) in [5, 5.41) is 19.3. The molecule has 0 spiro atoms. The molecular weight excluding hydrogens is 379 g/mol. The summed E-state index contributed by atoms with van der Waals surface area (Å²) in [7, 11) is 0. The lowest BCUT2D eigenvalue weighted by Gasteiger charge is -2.13.